The van der Waals surface area contributed by atoms with Gasteiger partial charge in [-0.15, -0.1) is 0 Å². The van der Waals surface area contributed by atoms with E-state index >= 15 is 0 Å². The molecule has 0 fully saturated rings. The van der Waals surface area contributed by atoms with Crippen LogP contribution in [-0.2, 0) is 19.5 Å². The van der Waals surface area contributed by atoms with E-state index < -0.39 is 16.7 Å². The summed E-state index contributed by atoms with van der Waals surface area (Å²) in [5.41, 5.74) is -1.01. The Balaban J connectivity index is 2.61. The maximum absolute atomic E-state index is 12.8. The molecule has 0 aliphatic rings. The zero-order valence-electron chi connectivity index (χ0n) is 12.6. The Morgan fingerprint density at radius 1 is 1.05 bits per heavy atom. The van der Waals surface area contributed by atoms with Crippen molar-refractivity contribution in [3.05, 3.63) is 68.5 Å². The lowest BCUT2D eigenvalue weighted by atomic mass is 9.78. The summed E-state index contributed by atoms with van der Waals surface area (Å²) in [6, 6.07) is 9.27. The fourth-order valence-corrected chi connectivity index (χ4v) is 2.29. The molecule has 0 unspecified atom stereocenters. The maximum atomic E-state index is 12.8. The number of aryl methyl sites for hydroxylation is 1. The third-order valence-corrected chi connectivity index (χ3v) is 3.75. The Labute approximate surface area is 122 Å². The zero-order valence-corrected chi connectivity index (χ0v) is 12.6. The van der Waals surface area contributed by atoms with Crippen LogP contribution >= 0.6 is 0 Å². The summed E-state index contributed by atoms with van der Waals surface area (Å²) in [4.78, 5) is 36.7. The van der Waals surface area contributed by atoms with Gasteiger partial charge in [0.05, 0.1) is 5.41 Å². The van der Waals surface area contributed by atoms with E-state index in [1.807, 2.05) is 30.3 Å². The standard InChI is InChI=1S/C16H18N2O3/c1-16(2,11-8-6-5-7-9-11)13(19)12-10-17(3)15(21)18(4)14(12)20/h5-10H,1-4H3. The molecule has 0 spiro atoms. The van der Waals surface area contributed by atoms with Crippen LogP contribution in [0.3, 0.4) is 0 Å². The Hall–Kier alpha value is -2.43. The Morgan fingerprint density at radius 2 is 1.62 bits per heavy atom. The molecule has 0 bridgehead atoms. The average molecular weight is 286 g/mol. The number of aromatic nitrogens is 2. The summed E-state index contributed by atoms with van der Waals surface area (Å²) < 4.78 is 2.20. The van der Waals surface area contributed by atoms with Crippen molar-refractivity contribution in [1.29, 1.82) is 0 Å². The SMILES string of the molecule is Cn1cc(C(=O)C(C)(C)c2ccccc2)c(=O)n(C)c1=O. The van der Waals surface area contributed by atoms with E-state index in [9.17, 15) is 14.4 Å². The largest absolute Gasteiger partial charge is 0.330 e. The van der Waals surface area contributed by atoms with E-state index in [4.69, 9.17) is 0 Å². The number of Topliss-reactive ketones (excluding diaryl/α,β-unsaturated/α-hetero) is 1. The van der Waals surface area contributed by atoms with Crippen LogP contribution in [0.25, 0.3) is 0 Å². The molecule has 0 amide bonds. The smallest absolute Gasteiger partial charge is 0.303 e. The van der Waals surface area contributed by atoms with E-state index in [-0.39, 0.29) is 11.3 Å². The minimum absolute atomic E-state index is 0.0217. The lowest BCUT2D eigenvalue weighted by molar-refractivity contribution is 0.0905. The van der Waals surface area contributed by atoms with Crippen molar-refractivity contribution in [2.45, 2.75) is 19.3 Å². The summed E-state index contributed by atoms with van der Waals surface area (Å²) >= 11 is 0. The van der Waals surface area contributed by atoms with Crippen molar-refractivity contribution < 1.29 is 4.79 Å². The second kappa shape index (κ2) is 5.16. The zero-order chi connectivity index (χ0) is 15.8. The van der Waals surface area contributed by atoms with Crippen LogP contribution in [0.1, 0.15) is 29.8 Å². The first-order valence-corrected chi connectivity index (χ1v) is 6.64. The third kappa shape index (κ3) is 2.46. The van der Waals surface area contributed by atoms with Crippen LogP contribution in [0.15, 0.2) is 46.1 Å². The molecule has 0 atom stereocenters. The van der Waals surface area contributed by atoms with Gasteiger partial charge in [0.1, 0.15) is 5.56 Å². The molecule has 1 heterocycles. The number of carbonyl (C=O) groups excluding carboxylic acids is 1. The highest BCUT2D eigenvalue weighted by Crippen LogP contribution is 2.26. The first-order valence-electron chi connectivity index (χ1n) is 6.64. The minimum Gasteiger partial charge on any atom is -0.303 e. The third-order valence-electron chi connectivity index (χ3n) is 3.75. The monoisotopic (exact) mass is 286 g/mol. The van der Waals surface area contributed by atoms with Crippen molar-refractivity contribution in [1.82, 2.24) is 9.13 Å². The Kier molecular flexibility index (Phi) is 3.68. The Bertz CT molecular complexity index is 799. The highest BCUT2D eigenvalue weighted by Gasteiger charge is 2.32. The van der Waals surface area contributed by atoms with Crippen LogP contribution in [0.2, 0.25) is 0 Å². The number of carbonyl (C=O) groups is 1. The van der Waals surface area contributed by atoms with Crippen LogP contribution in [0.4, 0.5) is 0 Å². The van der Waals surface area contributed by atoms with Gasteiger partial charge < -0.3 is 4.57 Å². The fourth-order valence-electron chi connectivity index (χ4n) is 2.29. The molecular formula is C16H18N2O3. The second-order valence-corrected chi connectivity index (χ2v) is 5.62. The van der Waals surface area contributed by atoms with Gasteiger partial charge in [-0.2, -0.15) is 0 Å². The molecule has 2 rings (SSSR count). The molecule has 0 aliphatic heterocycles. The first-order chi connectivity index (χ1) is 9.76. The summed E-state index contributed by atoms with van der Waals surface area (Å²) in [6.45, 7) is 3.55. The maximum Gasteiger partial charge on any atom is 0.330 e. The number of hydrogen-bond acceptors (Lipinski definition) is 3. The van der Waals surface area contributed by atoms with Crippen molar-refractivity contribution >= 4 is 5.78 Å². The van der Waals surface area contributed by atoms with Crippen LogP contribution in [-0.4, -0.2) is 14.9 Å². The van der Waals surface area contributed by atoms with Crippen LogP contribution < -0.4 is 11.2 Å². The molecule has 110 valence electrons. The van der Waals surface area contributed by atoms with Crippen LogP contribution in [0, 0.1) is 0 Å². The lowest BCUT2D eigenvalue weighted by Gasteiger charge is -2.23. The van der Waals surface area contributed by atoms with Gasteiger partial charge in [0, 0.05) is 20.3 Å². The normalized spacial score (nSPS) is 11.4. The fraction of sp³-hybridized carbons (Fsp3) is 0.312. The molecule has 0 saturated heterocycles. The molecule has 0 N–H and O–H groups in total. The molecule has 0 saturated carbocycles. The summed E-state index contributed by atoms with van der Waals surface area (Å²) in [6.07, 6.45) is 1.32. The average Bonchev–Trinajstić information content (AvgIpc) is 2.49. The van der Waals surface area contributed by atoms with Crippen molar-refractivity contribution in [2.75, 3.05) is 0 Å². The van der Waals surface area contributed by atoms with Crippen molar-refractivity contribution in [2.24, 2.45) is 14.1 Å². The van der Waals surface area contributed by atoms with E-state index in [0.29, 0.717) is 0 Å². The summed E-state index contributed by atoms with van der Waals surface area (Å²) in [5, 5.41) is 0. The highest BCUT2D eigenvalue weighted by molar-refractivity contribution is 6.03. The number of rotatable bonds is 3. The molecular weight excluding hydrogens is 268 g/mol. The molecule has 0 aliphatic carbocycles. The number of benzene rings is 1. The van der Waals surface area contributed by atoms with Gasteiger partial charge in [0.2, 0.25) is 0 Å². The van der Waals surface area contributed by atoms with Crippen molar-refractivity contribution in [3.8, 4) is 0 Å². The van der Waals surface area contributed by atoms with Gasteiger partial charge in [-0.05, 0) is 19.4 Å². The lowest BCUT2D eigenvalue weighted by Crippen LogP contribution is -2.42. The van der Waals surface area contributed by atoms with Gasteiger partial charge in [-0.1, -0.05) is 30.3 Å². The molecule has 0 radical (unpaired) electrons. The number of ketones is 1. The van der Waals surface area contributed by atoms with E-state index in [2.05, 4.69) is 0 Å². The quantitative estimate of drug-likeness (QED) is 0.798. The van der Waals surface area contributed by atoms with E-state index in [0.717, 1.165) is 10.1 Å². The van der Waals surface area contributed by atoms with Gasteiger partial charge in [-0.3, -0.25) is 14.2 Å². The van der Waals surface area contributed by atoms with E-state index in [1.165, 1.54) is 24.9 Å². The molecule has 21 heavy (non-hydrogen) atoms. The summed E-state index contributed by atoms with van der Waals surface area (Å²) in [5.74, 6) is -0.301. The molecule has 5 nitrogen and oxygen atoms in total. The molecule has 2 aromatic rings. The van der Waals surface area contributed by atoms with Gasteiger partial charge >= 0.3 is 5.69 Å². The first kappa shape index (κ1) is 15.0. The topological polar surface area (TPSA) is 61.1 Å². The van der Waals surface area contributed by atoms with Crippen molar-refractivity contribution in [3.63, 3.8) is 0 Å². The second-order valence-electron chi connectivity index (χ2n) is 5.62. The highest BCUT2D eigenvalue weighted by atomic mass is 16.2. The Morgan fingerprint density at radius 3 is 2.19 bits per heavy atom. The predicted molar refractivity (Wildman–Crippen MR) is 80.7 cm³/mol. The molecule has 1 aromatic heterocycles. The number of hydrogen-bond donors (Lipinski definition) is 0. The van der Waals surface area contributed by atoms with E-state index in [1.54, 1.807) is 13.8 Å². The van der Waals surface area contributed by atoms with Gasteiger partial charge in [0.15, 0.2) is 5.78 Å². The van der Waals surface area contributed by atoms with Gasteiger partial charge in [0.25, 0.3) is 5.56 Å². The van der Waals surface area contributed by atoms with Gasteiger partial charge in [-0.25, -0.2) is 4.79 Å². The molecule has 1 aromatic carbocycles. The molecule has 5 heteroatoms. The minimum atomic E-state index is -0.842. The predicted octanol–water partition coefficient (Wildman–Crippen LogP) is 1.24. The number of nitrogens with zero attached hydrogens (tertiary/aromatic N) is 2. The van der Waals surface area contributed by atoms with Crippen LogP contribution in [0.5, 0.6) is 0 Å². The summed E-state index contributed by atoms with van der Waals surface area (Å²) in [7, 11) is 2.89.